The summed E-state index contributed by atoms with van der Waals surface area (Å²) in [5.74, 6) is 0. The lowest BCUT2D eigenvalue weighted by molar-refractivity contribution is 0.261. The van der Waals surface area contributed by atoms with Crippen LogP contribution in [0.4, 0.5) is 0 Å². The first-order valence-corrected chi connectivity index (χ1v) is 8.67. The van der Waals surface area contributed by atoms with Crippen molar-refractivity contribution < 1.29 is 12.7 Å². The van der Waals surface area contributed by atoms with Gasteiger partial charge in [0.2, 0.25) is 0 Å². The van der Waals surface area contributed by atoms with E-state index in [1.807, 2.05) is 31.2 Å². The Hall–Kier alpha value is -0.500. The molecule has 7 heteroatoms. The van der Waals surface area contributed by atoms with E-state index in [2.05, 4.69) is 25.7 Å². The molecule has 0 amide bonds. The zero-order valence-electron chi connectivity index (χ0n) is 9.81. The summed E-state index contributed by atoms with van der Waals surface area (Å²) in [5.41, 5.74) is 4.11. The van der Waals surface area contributed by atoms with Crippen LogP contribution in [0.15, 0.2) is 33.6 Å². The molecule has 1 aliphatic rings. The number of hydrogen-bond acceptors (Lipinski definition) is 5. The van der Waals surface area contributed by atoms with Crippen molar-refractivity contribution in [2.45, 2.75) is 17.1 Å². The SMILES string of the molecule is CC1C=C(NOS(C)(=O)=O)c2cc(Br)ccc2S1. The first-order valence-electron chi connectivity index (χ1n) is 5.18. The van der Waals surface area contributed by atoms with Gasteiger partial charge in [-0.2, -0.15) is 12.7 Å². The van der Waals surface area contributed by atoms with Gasteiger partial charge in [-0.05, 0) is 31.2 Å². The molecule has 0 fully saturated rings. The van der Waals surface area contributed by atoms with E-state index in [0.29, 0.717) is 5.70 Å². The number of benzene rings is 1. The van der Waals surface area contributed by atoms with E-state index in [9.17, 15) is 8.42 Å². The highest BCUT2D eigenvalue weighted by Crippen LogP contribution is 2.37. The van der Waals surface area contributed by atoms with E-state index in [1.165, 1.54) is 0 Å². The van der Waals surface area contributed by atoms with Gasteiger partial charge in [0, 0.05) is 20.2 Å². The molecule has 1 heterocycles. The number of hydroxylamine groups is 1. The molecule has 2 rings (SSSR count). The van der Waals surface area contributed by atoms with Crippen LogP contribution in [0.5, 0.6) is 0 Å². The molecule has 18 heavy (non-hydrogen) atoms. The minimum Gasteiger partial charge on any atom is -0.249 e. The van der Waals surface area contributed by atoms with Crippen LogP contribution in [0.25, 0.3) is 5.70 Å². The Morgan fingerprint density at radius 2 is 2.17 bits per heavy atom. The zero-order valence-corrected chi connectivity index (χ0v) is 13.0. The van der Waals surface area contributed by atoms with E-state index < -0.39 is 10.1 Å². The topological polar surface area (TPSA) is 55.4 Å². The highest BCUT2D eigenvalue weighted by Gasteiger charge is 2.19. The molecular formula is C11H12BrNO3S2. The summed E-state index contributed by atoms with van der Waals surface area (Å²) in [5, 5.41) is 0.254. The van der Waals surface area contributed by atoms with E-state index in [4.69, 9.17) is 0 Å². The van der Waals surface area contributed by atoms with Crippen molar-refractivity contribution in [2.75, 3.05) is 6.26 Å². The van der Waals surface area contributed by atoms with Crippen molar-refractivity contribution in [3.63, 3.8) is 0 Å². The molecule has 4 nitrogen and oxygen atoms in total. The summed E-state index contributed by atoms with van der Waals surface area (Å²) in [6.45, 7) is 2.04. The number of fused-ring (bicyclic) bond motifs is 1. The van der Waals surface area contributed by atoms with Crippen molar-refractivity contribution in [2.24, 2.45) is 0 Å². The lowest BCUT2D eigenvalue weighted by Gasteiger charge is -2.21. The van der Waals surface area contributed by atoms with Crippen molar-refractivity contribution >= 4 is 43.5 Å². The average Bonchev–Trinajstić information content (AvgIpc) is 2.25. The van der Waals surface area contributed by atoms with Crippen LogP contribution in [-0.2, 0) is 14.4 Å². The Morgan fingerprint density at radius 1 is 1.44 bits per heavy atom. The van der Waals surface area contributed by atoms with Gasteiger partial charge in [-0.1, -0.05) is 15.9 Å². The molecule has 0 radical (unpaired) electrons. The molecule has 0 spiro atoms. The van der Waals surface area contributed by atoms with Crippen LogP contribution in [0.3, 0.4) is 0 Å². The van der Waals surface area contributed by atoms with Gasteiger partial charge in [0.1, 0.15) is 0 Å². The minimum absolute atomic E-state index is 0.254. The maximum atomic E-state index is 11.0. The van der Waals surface area contributed by atoms with Crippen LogP contribution in [-0.4, -0.2) is 19.9 Å². The Kier molecular flexibility index (Phi) is 4.05. The summed E-state index contributed by atoms with van der Waals surface area (Å²) in [7, 11) is -3.52. The fourth-order valence-electron chi connectivity index (χ4n) is 1.58. The molecule has 0 aromatic heterocycles. The second-order valence-electron chi connectivity index (χ2n) is 3.93. The number of rotatable bonds is 3. The molecular weight excluding hydrogens is 338 g/mol. The van der Waals surface area contributed by atoms with Gasteiger partial charge in [0.25, 0.3) is 10.1 Å². The van der Waals surface area contributed by atoms with Crippen LogP contribution < -0.4 is 5.48 Å². The molecule has 0 aliphatic carbocycles. The molecule has 0 bridgehead atoms. The Balaban J connectivity index is 2.32. The van der Waals surface area contributed by atoms with Crippen molar-refractivity contribution in [1.29, 1.82) is 0 Å². The van der Waals surface area contributed by atoms with Gasteiger partial charge in [-0.3, -0.25) is 0 Å². The lowest BCUT2D eigenvalue weighted by atomic mass is 10.1. The fourth-order valence-corrected chi connectivity index (χ4v) is 3.23. The first-order chi connectivity index (χ1) is 8.35. The zero-order chi connectivity index (χ0) is 13.3. The first kappa shape index (κ1) is 13.9. The normalized spacial score (nSPS) is 19.1. The molecule has 1 atom stereocenters. The molecule has 0 saturated heterocycles. The maximum absolute atomic E-state index is 11.0. The Morgan fingerprint density at radius 3 is 2.83 bits per heavy atom. The molecule has 1 aliphatic heterocycles. The summed E-state index contributed by atoms with van der Waals surface area (Å²) < 4.78 is 27.6. The fraction of sp³-hybridized carbons (Fsp3) is 0.273. The smallest absolute Gasteiger partial charge is 0.249 e. The number of thioether (sulfide) groups is 1. The van der Waals surface area contributed by atoms with Crippen LogP contribution in [0.2, 0.25) is 0 Å². The van der Waals surface area contributed by atoms with Crippen molar-refractivity contribution in [1.82, 2.24) is 5.48 Å². The van der Waals surface area contributed by atoms with E-state index >= 15 is 0 Å². The minimum atomic E-state index is -3.52. The monoisotopic (exact) mass is 349 g/mol. The van der Waals surface area contributed by atoms with Gasteiger partial charge < -0.3 is 0 Å². The van der Waals surface area contributed by atoms with Gasteiger partial charge in [-0.15, -0.1) is 11.8 Å². The highest BCUT2D eigenvalue weighted by molar-refractivity contribution is 9.10. The third kappa shape index (κ3) is 3.50. The summed E-state index contributed by atoms with van der Waals surface area (Å²) in [6.07, 6.45) is 2.94. The Labute approximate surface area is 119 Å². The molecule has 1 aromatic rings. The summed E-state index contributed by atoms with van der Waals surface area (Å²) in [4.78, 5) is 1.09. The van der Waals surface area contributed by atoms with Crippen molar-refractivity contribution in [3.05, 3.63) is 34.3 Å². The average molecular weight is 350 g/mol. The summed E-state index contributed by atoms with van der Waals surface area (Å²) >= 11 is 5.12. The summed E-state index contributed by atoms with van der Waals surface area (Å²) in [6, 6.07) is 5.88. The van der Waals surface area contributed by atoms with Crippen LogP contribution in [0, 0.1) is 0 Å². The largest absolute Gasteiger partial charge is 0.284 e. The van der Waals surface area contributed by atoms with Gasteiger partial charge in [0.15, 0.2) is 0 Å². The molecule has 1 unspecified atom stereocenters. The Bertz CT molecular complexity index is 598. The van der Waals surface area contributed by atoms with Gasteiger partial charge in [0.05, 0.1) is 12.0 Å². The number of nitrogens with one attached hydrogen (secondary N) is 1. The van der Waals surface area contributed by atoms with E-state index in [1.54, 1.807) is 11.8 Å². The number of halogens is 1. The van der Waals surface area contributed by atoms with Gasteiger partial charge in [-0.25, -0.2) is 5.48 Å². The second-order valence-corrected chi connectivity index (χ2v) is 7.84. The third-order valence-electron chi connectivity index (χ3n) is 2.25. The molecule has 1 N–H and O–H groups in total. The van der Waals surface area contributed by atoms with Crippen LogP contribution in [0.1, 0.15) is 12.5 Å². The second kappa shape index (κ2) is 5.24. The lowest BCUT2D eigenvalue weighted by Crippen LogP contribution is -2.20. The molecule has 1 aromatic carbocycles. The van der Waals surface area contributed by atoms with Gasteiger partial charge >= 0.3 is 0 Å². The van der Waals surface area contributed by atoms with E-state index in [-0.39, 0.29) is 5.25 Å². The predicted molar refractivity (Wildman–Crippen MR) is 76.5 cm³/mol. The van der Waals surface area contributed by atoms with Crippen molar-refractivity contribution in [3.8, 4) is 0 Å². The standard InChI is InChI=1S/C11H12BrNO3S2/c1-7-5-10(13-16-18(2,14)15)9-6-8(12)3-4-11(9)17-7/h3-7,13H,1-2H3. The third-order valence-corrected chi connectivity index (χ3v) is 4.25. The maximum Gasteiger partial charge on any atom is 0.284 e. The predicted octanol–water partition coefficient (Wildman–Crippen LogP) is 2.77. The highest BCUT2D eigenvalue weighted by atomic mass is 79.9. The van der Waals surface area contributed by atoms with Crippen LogP contribution >= 0.6 is 27.7 Å². The molecule has 98 valence electrons. The quantitative estimate of drug-likeness (QED) is 0.850. The number of hydrogen-bond donors (Lipinski definition) is 1. The molecule has 0 saturated carbocycles. The van der Waals surface area contributed by atoms with E-state index in [0.717, 1.165) is 21.2 Å².